The number of sulfonamides is 1. The number of rotatable bonds is 4. The van der Waals surface area contributed by atoms with Crippen LogP contribution in [0.1, 0.15) is 11.1 Å². The lowest BCUT2D eigenvalue weighted by molar-refractivity contribution is -0.0349. The Balaban J connectivity index is 0.00000320. The summed E-state index contributed by atoms with van der Waals surface area (Å²) in [6, 6.07) is 10.00. The van der Waals surface area contributed by atoms with Gasteiger partial charge in [-0.05, 0) is 36.8 Å². The Labute approximate surface area is 201 Å². The molecule has 0 amide bonds. The molecule has 1 atom stereocenters. The highest BCUT2D eigenvalue weighted by Gasteiger charge is 2.43. The first-order valence-corrected chi connectivity index (χ1v) is 11.8. The van der Waals surface area contributed by atoms with Gasteiger partial charge in [0, 0.05) is 31.7 Å². The van der Waals surface area contributed by atoms with Gasteiger partial charge in [0.05, 0.1) is 16.5 Å². The molecule has 0 spiro atoms. The predicted molar refractivity (Wildman–Crippen MR) is 130 cm³/mol. The zero-order valence-corrected chi connectivity index (χ0v) is 21.6. The Morgan fingerprint density at radius 2 is 1.87 bits per heavy atom. The molecule has 30 heavy (non-hydrogen) atoms. The van der Waals surface area contributed by atoms with E-state index in [0.717, 1.165) is 9.87 Å². The first kappa shape index (κ1) is 25.5. The van der Waals surface area contributed by atoms with Gasteiger partial charge in [-0.2, -0.15) is 0 Å². The van der Waals surface area contributed by atoms with Gasteiger partial charge < -0.3 is 10.0 Å². The summed E-state index contributed by atoms with van der Waals surface area (Å²) < 4.78 is 26.3. The fraction of sp³-hybridized carbons (Fsp3) is 0.316. The number of aliphatic hydroxyl groups is 1. The molecule has 0 saturated carbocycles. The van der Waals surface area contributed by atoms with Crippen LogP contribution in [0.15, 0.2) is 46.3 Å². The molecular weight excluding hydrogens is 533 g/mol. The van der Waals surface area contributed by atoms with Gasteiger partial charge >= 0.3 is 0 Å². The topological polar surface area (TPSA) is 73.2 Å². The van der Waals surface area contributed by atoms with E-state index in [1.54, 1.807) is 24.1 Å². The van der Waals surface area contributed by atoms with Gasteiger partial charge in [0.25, 0.3) is 0 Å². The Bertz CT molecular complexity index is 1100. The number of benzene rings is 2. The standard InChI is InChI=1S/C19H21Cl2N3O3S2.BrH/c1-12-14(20)6-5-7-16(12)22-18-24(4)19(25,11-28-18)13-8-9-15(21)17(10-13)29(26,27)23(2)3;/h5-10,25H,11H2,1-4H3;1H. The van der Waals surface area contributed by atoms with Gasteiger partial charge in [-0.1, -0.05) is 47.1 Å². The molecule has 0 aliphatic carbocycles. The van der Waals surface area contributed by atoms with E-state index in [1.807, 2.05) is 19.1 Å². The van der Waals surface area contributed by atoms with Crippen LogP contribution in [0.4, 0.5) is 5.69 Å². The average Bonchev–Trinajstić information content (AvgIpc) is 2.95. The molecule has 1 unspecified atom stereocenters. The third-order valence-electron chi connectivity index (χ3n) is 4.85. The second kappa shape index (κ2) is 9.36. The highest BCUT2D eigenvalue weighted by molar-refractivity contribution is 8.93. The second-order valence-corrected chi connectivity index (χ2v) is 10.8. The van der Waals surface area contributed by atoms with Crippen LogP contribution in [0.2, 0.25) is 10.0 Å². The number of aliphatic imine (C=N–C) groups is 1. The SMILES string of the molecule is Br.Cc1c(Cl)cccc1N=C1SCC(O)(c2ccc(Cl)c(S(=O)(=O)N(C)C)c2)N1C. The molecule has 1 saturated heterocycles. The summed E-state index contributed by atoms with van der Waals surface area (Å²) in [5.41, 5.74) is 0.544. The van der Waals surface area contributed by atoms with Crippen molar-refractivity contribution < 1.29 is 13.5 Å². The maximum atomic E-state index is 12.6. The molecule has 0 aromatic heterocycles. The van der Waals surface area contributed by atoms with Crippen molar-refractivity contribution in [3.05, 3.63) is 57.6 Å². The van der Waals surface area contributed by atoms with Gasteiger partial charge in [0.15, 0.2) is 10.9 Å². The molecule has 1 aliphatic rings. The monoisotopic (exact) mass is 553 g/mol. The Kier molecular flexibility index (Phi) is 7.94. The molecule has 11 heteroatoms. The quantitative estimate of drug-likeness (QED) is 0.596. The largest absolute Gasteiger partial charge is 0.366 e. The molecular formula is C19H22BrCl2N3O3S2. The fourth-order valence-corrected chi connectivity index (χ4v) is 5.63. The van der Waals surface area contributed by atoms with E-state index < -0.39 is 15.7 Å². The summed E-state index contributed by atoms with van der Waals surface area (Å²) in [6.07, 6.45) is 0. The smallest absolute Gasteiger partial charge is 0.244 e. The highest BCUT2D eigenvalue weighted by Crippen LogP contribution is 2.41. The average molecular weight is 555 g/mol. The Morgan fingerprint density at radius 3 is 2.50 bits per heavy atom. The first-order valence-electron chi connectivity index (χ1n) is 8.64. The van der Waals surface area contributed by atoms with Crippen molar-refractivity contribution in [2.24, 2.45) is 4.99 Å². The van der Waals surface area contributed by atoms with Crippen molar-refractivity contribution in [2.75, 3.05) is 26.9 Å². The summed E-state index contributed by atoms with van der Waals surface area (Å²) in [5.74, 6) is 0.283. The van der Waals surface area contributed by atoms with Gasteiger partial charge in [0.1, 0.15) is 4.90 Å². The summed E-state index contributed by atoms with van der Waals surface area (Å²) in [4.78, 5) is 6.23. The number of amidine groups is 1. The van der Waals surface area contributed by atoms with E-state index in [9.17, 15) is 13.5 Å². The van der Waals surface area contributed by atoms with Crippen molar-refractivity contribution >= 4 is 72.8 Å². The molecule has 1 fully saturated rings. The van der Waals surface area contributed by atoms with E-state index in [-0.39, 0.29) is 32.7 Å². The number of hydrogen-bond donors (Lipinski definition) is 1. The van der Waals surface area contributed by atoms with E-state index in [4.69, 9.17) is 23.2 Å². The molecule has 1 heterocycles. The number of thioether (sulfide) groups is 1. The lowest BCUT2D eigenvalue weighted by Crippen LogP contribution is -2.42. The maximum Gasteiger partial charge on any atom is 0.244 e. The highest BCUT2D eigenvalue weighted by atomic mass is 79.9. The van der Waals surface area contributed by atoms with Crippen LogP contribution < -0.4 is 0 Å². The molecule has 1 aliphatic heterocycles. The van der Waals surface area contributed by atoms with Gasteiger partial charge in [0.2, 0.25) is 10.0 Å². The molecule has 0 bridgehead atoms. The minimum atomic E-state index is -3.76. The van der Waals surface area contributed by atoms with Crippen LogP contribution in [0, 0.1) is 6.92 Å². The van der Waals surface area contributed by atoms with Crippen molar-refractivity contribution in [2.45, 2.75) is 17.5 Å². The van der Waals surface area contributed by atoms with Crippen molar-refractivity contribution in [1.29, 1.82) is 0 Å². The Morgan fingerprint density at radius 1 is 1.20 bits per heavy atom. The Hall–Kier alpha value is -0.810. The summed E-state index contributed by atoms with van der Waals surface area (Å²) in [6.45, 7) is 1.88. The van der Waals surface area contributed by atoms with Crippen LogP contribution in [-0.4, -0.2) is 54.8 Å². The van der Waals surface area contributed by atoms with Gasteiger partial charge in [-0.3, -0.25) is 0 Å². The zero-order chi connectivity index (χ0) is 21.6. The fourth-order valence-electron chi connectivity index (χ4n) is 2.87. The van der Waals surface area contributed by atoms with Crippen LogP contribution in [-0.2, 0) is 15.7 Å². The predicted octanol–water partition coefficient (Wildman–Crippen LogP) is 4.64. The zero-order valence-electron chi connectivity index (χ0n) is 16.8. The minimum Gasteiger partial charge on any atom is -0.366 e. The summed E-state index contributed by atoms with van der Waals surface area (Å²) in [7, 11) is 0.826. The third kappa shape index (κ3) is 4.53. The maximum absolute atomic E-state index is 12.6. The third-order valence-corrected chi connectivity index (χ3v) is 8.73. The van der Waals surface area contributed by atoms with Crippen LogP contribution >= 0.6 is 51.9 Å². The molecule has 1 N–H and O–H groups in total. The van der Waals surface area contributed by atoms with Gasteiger partial charge in [-0.15, -0.1) is 17.0 Å². The van der Waals surface area contributed by atoms with Crippen molar-refractivity contribution in [1.82, 2.24) is 9.21 Å². The summed E-state index contributed by atoms with van der Waals surface area (Å²) in [5, 5.41) is 12.7. The molecule has 2 aromatic rings. The first-order chi connectivity index (χ1) is 13.5. The van der Waals surface area contributed by atoms with Crippen LogP contribution in [0.5, 0.6) is 0 Å². The second-order valence-electron chi connectivity index (χ2n) is 6.88. The lowest BCUT2D eigenvalue weighted by atomic mass is 10.0. The number of nitrogens with zero attached hydrogens (tertiary/aromatic N) is 3. The minimum absolute atomic E-state index is 0. The van der Waals surface area contributed by atoms with Crippen molar-refractivity contribution in [3.8, 4) is 0 Å². The number of halogens is 3. The van der Waals surface area contributed by atoms with E-state index >= 15 is 0 Å². The molecule has 3 rings (SSSR count). The van der Waals surface area contributed by atoms with E-state index in [1.165, 1.54) is 38.0 Å². The summed E-state index contributed by atoms with van der Waals surface area (Å²) >= 11 is 13.7. The molecule has 164 valence electrons. The van der Waals surface area contributed by atoms with E-state index in [2.05, 4.69) is 4.99 Å². The number of hydrogen-bond acceptors (Lipinski definition) is 5. The normalized spacial score (nSPS) is 20.7. The molecule has 6 nitrogen and oxygen atoms in total. The van der Waals surface area contributed by atoms with Crippen molar-refractivity contribution in [3.63, 3.8) is 0 Å². The van der Waals surface area contributed by atoms with Crippen LogP contribution in [0.25, 0.3) is 0 Å². The van der Waals surface area contributed by atoms with Gasteiger partial charge in [-0.25, -0.2) is 17.7 Å². The molecule has 0 radical (unpaired) electrons. The van der Waals surface area contributed by atoms with E-state index in [0.29, 0.717) is 21.4 Å². The molecule has 2 aromatic carbocycles. The van der Waals surface area contributed by atoms with Crippen LogP contribution in [0.3, 0.4) is 0 Å². The lowest BCUT2D eigenvalue weighted by Gasteiger charge is -2.32.